The first-order valence-electron chi connectivity index (χ1n) is 9.00. The maximum atomic E-state index is 11.8. The molecule has 0 saturated carbocycles. The molecule has 2 aromatic rings. The Bertz CT molecular complexity index is 881. The van der Waals surface area contributed by atoms with Gasteiger partial charge in [-0.15, -0.1) is 0 Å². The van der Waals surface area contributed by atoms with Crippen LogP contribution in [0.1, 0.15) is 20.3 Å². The third kappa shape index (κ3) is 6.93. The Kier molecular flexibility index (Phi) is 7.74. The SMILES string of the molecule is C=C(C)C(=O)OCCC(=O)Oc1ccc(-c2ccc(OC(O)C(=C)C)cc2)cc1. The molecule has 0 fully saturated rings. The third-order valence-corrected chi connectivity index (χ3v) is 3.83. The van der Waals surface area contributed by atoms with E-state index in [1.165, 1.54) is 6.92 Å². The highest BCUT2D eigenvalue weighted by Crippen LogP contribution is 2.25. The summed E-state index contributed by atoms with van der Waals surface area (Å²) in [5, 5.41) is 9.68. The Morgan fingerprint density at radius 3 is 1.93 bits per heavy atom. The number of rotatable bonds is 9. The van der Waals surface area contributed by atoms with Gasteiger partial charge in [0.2, 0.25) is 6.29 Å². The molecule has 0 aliphatic heterocycles. The molecule has 0 bridgehead atoms. The van der Waals surface area contributed by atoms with E-state index in [2.05, 4.69) is 13.2 Å². The predicted octanol–water partition coefficient (Wildman–Crippen LogP) is 4.04. The summed E-state index contributed by atoms with van der Waals surface area (Å²) >= 11 is 0. The molecule has 2 rings (SSSR count). The number of hydrogen-bond donors (Lipinski definition) is 1. The fraction of sp³-hybridized carbons (Fsp3) is 0.217. The fourth-order valence-electron chi connectivity index (χ4n) is 2.20. The Labute approximate surface area is 170 Å². The fourth-order valence-corrected chi connectivity index (χ4v) is 2.20. The summed E-state index contributed by atoms with van der Waals surface area (Å²) in [6.07, 6.45) is -1.09. The molecular weight excluding hydrogens is 372 g/mol. The molecule has 0 heterocycles. The van der Waals surface area contributed by atoms with Crippen LogP contribution in [0.5, 0.6) is 11.5 Å². The zero-order chi connectivity index (χ0) is 21.4. The quantitative estimate of drug-likeness (QED) is 0.226. The van der Waals surface area contributed by atoms with Crippen LogP contribution in [0.3, 0.4) is 0 Å². The van der Waals surface area contributed by atoms with Gasteiger partial charge in [-0.2, -0.15) is 0 Å². The molecule has 1 N–H and O–H groups in total. The molecule has 2 aromatic carbocycles. The predicted molar refractivity (Wildman–Crippen MR) is 109 cm³/mol. The summed E-state index contributed by atoms with van der Waals surface area (Å²) in [4.78, 5) is 23.1. The van der Waals surface area contributed by atoms with Crippen LogP contribution >= 0.6 is 0 Å². The number of hydrogen-bond acceptors (Lipinski definition) is 6. The van der Waals surface area contributed by atoms with Gasteiger partial charge in [-0.1, -0.05) is 37.4 Å². The van der Waals surface area contributed by atoms with E-state index in [0.29, 0.717) is 17.1 Å². The van der Waals surface area contributed by atoms with Crippen LogP contribution in [-0.4, -0.2) is 29.9 Å². The van der Waals surface area contributed by atoms with E-state index in [-0.39, 0.29) is 18.6 Å². The second kappa shape index (κ2) is 10.2. The largest absolute Gasteiger partial charge is 0.462 e. The summed E-state index contributed by atoms with van der Waals surface area (Å²) in [6, 6.07) is 14.2. The first kappa shape index (κ1) is 21.9. The molecule has 0 aliphatic rings. The summed E-state index contributed by atoms with van der Waals surface area (Å²) in [7, 11) is 0. The van der Waals surface area contributed by atoms with Crippen molar-refractivity contribution >= 4 is 11.9 Å². The summed E-state index contributed by atoms with van der Waals surface area (Å²) < 4.78 is 15.4. The summed E-state index contributed by atoms with van der Waals surface area (Å²) in [5.41, 5.74) is 2.66. The van der Waals surface area contributed by atoms with Gasteiger partial charge in [-0.25, -0.2) is 4.79 Å². The number of carbonyl (C=O) groups excluding carboxylic acids is 2. The topological polar surface area (TPSA) is 82.1 Å². The standard InChI is InChI=1S/C23H24O6/c1-15(2)22(25)27-14-13-21(24)28-19-9-5-17(6-10-19)18-7-11-20(12-8-18)29-23(26)16(3)4/h5-12,23,26H,1,3,13-14H2,2,4H3. The lowest BCUT2D eigenvalue weighted by Gasteiger charge is -2.13. The molecule has 0 amide bonds. The highest BCUT2D eigenvalue weighted by Gasteiger charge is 2.09. The van der Waals surface area contributed by atoms with E-state index in [4.69, 9.17) is 14.2 Å². The smallest absolute Gasteiger partial charge is 0.333 e. The van der Waals surface area contributed by atoms with Gasteiger partial charge >= 0.3 is 11.9 Å². The highest BCUT2D eigenvalue weighted by atomic mass is 16.6. The van der Waals surface area contributed by atoms with Crippen molar-refractivity contribution in [1.82, 2.24) is 0 Å². The Morgan fingerprint density at radius 1 is 0.931 bits per heavy atom. The lowest BCUT2D eigenvalue weighted by Crippen LogP contribution is -2.15. The zero-order valence-electron chi connectivity index (χ0n) is 16.5. The van der Waals surface area contributed by atoms with Crippen molar-refractivity contribution < 1.29 is 28.9 Å². The molecule has 152 valence electrons. The van der Waals surface area contributed by atoms with Gasteiger partial charge in [0.1, 0.15) is 18.1 Å². The van der Waals surface area contributed by atoms with Crippen LogP contribution in [0.25, 0.3) is 11.1 Å². The van der Waals surface area contributed by atoms with E-state index in [1.807, 2.05) is 24.3 Å². The van der Waals surface area contributed by atoms with Crippen molar-refractivity contribution in [3.05, 3.63) is 72.8 Å². The second-order valence-electron chi connectivity index (χ2n) is 6.51. The van der Waals surface area contributed by atoms with E-state index >= 15 is 0 Å². The Balaban J connectivity index is 1.89. The van der Waals surface area contributed by atoms with Crippen molar-refractivity contribution in [2.45, 2.75) is 26.6 Å². The second-order valence-corrected chi connectivity index (χ2v) is 6.51. The molecule has 0 radical (unpaired) electrons. The Hall–Kier alpha value is -3.38. The monoisotopic (exact) mass is 396 g/mol. The molecule has 1 unspecified atom stereocenters. The zero-order valence-corrected chi connectivity index (χ0v) is 16.5. The number of aliphatic hydroxyl groups is 1. The highest BCUT2D eigenvalue weighted by molar-refractivity contribution is 5.87. The number of esters is 2. The van der Waals surface area contributed by atoms with Crippen LogP contribution in [0.15, 0.2) is 72.8 Å². The van der Waals surface area contributed by atoms with Gasteiger partial charge in [0.15, 0.2) is 0 Å². The third-order valence-electron chi connectivity index (χ3n) is 3.83. The van der Waals surface area contributed by atoms with Crippen molar-refractivity contribution in [1.29, 1.82) is 0 Å². The molecule has 29 heavy (non-hydrogen) atoms. The number of aliphatic hydroxyl groups excluding tert-OH is 1. The van der Waals surface area contributed by atoms with Crippen molar-refractivity contribution in [2.24, 2.45) is 0 Å². The molecule has 0 aromatic heterocycles. The number of carbonyl (C=O) groups is 2. The van der Waals surface area contributed by atoms with Crippen LogP contribution in [0, 0.1) is 0 Å². The normalized spacial score (nSPS) is 11.3. The van der Waals surface area contributed by atoms with Crippen LogP contribution in [0.2, 0.25) is 0 Å². The lowest BCUT2D eigenvalue weighted by atomic mass is 10.1. The van der Waals surface area contributed by atoms with Crippen LogP contribution < -0.4 is 9.47 Å². The molecular formula is C23H24O6. The Morgan fingerprint density at radius 2 is 1.45 bits per heavy atom. The average Bonchev–Trinajstić information content (AvgIpc) is 2.69. The molecule has 6 heteroatoms. The van der Waals surface area contributed by atoms with Gasteiger partial charge in [-0.05, 0) is 54.8 Å². The van der Waals surface area contributed by atoms with E-state index in [1.54, 1.807) is 31.2 Å². The van der Waals surface area contributed by atoms with E-state index in [9.17, 15) is 14.7 Å². The maximum absolute atomic E-state index is 11.8. The minimum Gasteiger partial charge on any atom is -0.462 e. The molecule has 6 nitrogen and oxygen atoms in total. The van der Waals surface area contributed by atoms with Gasteiger partial charge in [-0.3, -0.25) is 4.79 Å². The van der Waals surface area contributed by atoms with Gasteiger partial charge < -0.3 is 19.3 Å². The first-order valence-corrected chi connectivity index (χ1v) is 9.00. The van der Waals surface area contributed by atoms with Crippen LogP contribution in [-0.2, 0) is 14.3 Å². The molecule has 1 atom stereocenters. The minimum atomic E-state index is -1.04. The first-order chi connectivity index (χ1) is 13.8. The van der Waals surface area contributed by atoms with E-state index < -0.39 is 18.2 Å². The van der Waals surface area contributed by atoms with Crippen molar-refractivity contribution in [3.63, 3.8) is 0 Å². The minimum absolute atomic E-state index is 0.0434. The molecule has 0 spiro atoms. The maximum Gasteiger partial charge on any atom is 0.333 e. The van der Waals surface area contributed by atoms with Gasteiger partial charge in [0.05, 0.1) is 6.42 Å². The average molecular weight is 396 g/mol. The van der Waals surface area contributed by atoms with Gasteiger partial charge in [0.25, 0.3) is 0 Å². The summed E-state index contributed by atoms with van der Waals surface area (Å²) in [5.74, 6) is -0.103. The van der Waals surface area contributed by atoms with Crippen molar-refractivity contribution in [2.75, 3.05) is 6.61 Å². The summed E-state index contributed by atoms with van der Waals surface area (Å²) in [6.45, 7) is 10.3. The molecule has 0 saturated heterocycles. The number of ether oxygens (including phenoxy) is 3. The lowest BCUT2D eigenvalue weighted by molar-refractivity contribution is -0.142. The van der Waals surface area contributed by atoms with Crippen molar-refractivity contribution in [3.8, 4) is 22.6 Å². The van der Waals surface area contributed by atoms with Crippen LogP contribution in [0.4, 0.5) is 0 Å². The molecule has 0 aliphatic carbocycles. The number of benzene rings is 2. The van der Waals surface area contributed by atoms with Gasteiger partial charge in [0, 0.05) is 5.57 Å². The van der Waals surface area contributed by atoms with E-state index in [0.717, 1.165) is 11.1 Å².